The van der Waals surface area contributed by atoms with Crippen LogP contribution in [0.5, 0.6) is 0 Å². The van der Waals surface area contributed by atoms with Crippen LogP contribution in [0.15, 0.2) is 23.1 Å². The molecule has 1 amide bonds. The van der Waals surface area contributed by atoms with Gasteiger partial charge in [0.25, 0.3) is 0 Å². The zero-order valence-corrected chi connectivity index (χ0v) is 17.8. The summed E-state index contributed by atoms with van der Waals surface area (Å²) >= 11 is 13.4. The lowest BCUT2D eigenvalue weighted by atomic mass is 10.3. The zero-order valence-electron chi connectivity index (χ0n) is 14.7. The molecule has 1 aromatic rings. The summed E-state index contributed by atoms with van der Waals surface area (Å²) in [7, 11) is -2.51. The first kappa shape index (κ1) is 22.3. The van der Waals surface area contributed by atoms with Crippen LogP contribution in [-0.2, 0) is 24.3 Å². The van der Waals surface area contributed by atoms with E-state index in [1.54, 1.807) is 11.0 Å². The first-order valence-corrected chi connectivity index (χ1v) is 11.5. The van der Waals surface area contributed by atoms with Gasteiger partial charge in [0, 0.05) is 38.4 Å². The van der Waals surface area contributed by atoms with Crippen LogP contribution in [0, 0.1) is 0 Å². The Balaban J connectivity index is 1.89. The van der Waals surface area contributed by atoms with Crippen LogP contribution >= 0.6 is 35.0 Å². The molecule has 1 aromatic carbocycles. The van der Waals surface area contributed by atoms with Crippen LogP contribution in [0.4, 0.5) is 0 Å². The third-order valence-corrected chi connectivity index (χ3v) is 7.80. The maximum atomic E-state index is 12.8. The number of hydrogen-bond acceptors (Lipinski definition) is 6. The van der Waals surface area contributed by atoms with Crippen molar-refractivity contribution in [3.63, 3.8) is 0 Å². The SMILES string of the molecule is COC(=O)CSCCC(=O)N1CCN(S(=O)(=O)c2c(Cl)cccc2Cl)CC1. The van der Waals surface area contributed by atoms with Gasteiger partial charge in [0.05, 0.1) is 22.9 Å². The van der Waals surface area contributed by atoms with Crippen molar-refractivity contribution < 1.29 is 22.7 Å². The molecule has 1 heterocycles. The highest BCUT2D eigenvalue weighted by Crippen LogP contribution is 2.31. The largest absolute Gasteiger partial charge is 0.468 e. The summed E-state index contributed by atoms with van der Waals surface area (Å²) in [6, 6.07) is 4.54. The highest BCUT2D eigenvalue weighted by Gasteiger charge is 2.32. The Labute approximate surface area is 173 Å². The monoisotopic (exact) mass is 454 g/mol. The Bertz CT molecular complexity index is 776. The molecule has 0 aliphatic carbocycles. The molecular formula is C16H20Cl2N2O5S2. The molecule has 0 spiro atoms. The highest BCUT2D eigenvalue weighted by molar-refractivity contribution is 7.99. The summed E-state index contributed by atoms with van der Waals surface area (Å²) in [5, 5.41) is 0.146. The molecule has 150 valence electrons. The van der Waals surface area contributed by atoms with Crippen LogP contribution in [-0.4, -0.2) is 74.3 Å². The van der Waals surface area contributed by atoms with E-state index in [9.17, 15) is 18.0 Å². The van der Waals surface area contributed by atoms with Crippen molar-refractivity contribution in [2.75, 3.05) is 44.8 Å². The van der Waals surface area contributed by atoms with E-state index in [0.717, 1.165) is 0 Å². The fourth-order valence-electron chi connectivity index (χ4n) is 2.57. The number of rotatable bonds is 7. The Hall–Kier alpha value is -1.00. The smallest absolute Gasteiger partial charge is 0.315 e. The molecule has 0 unspecified atom stereocenters. The number of esters is 1. The molecule has 1 aliphatic heterocycles. The Morgan fingerprint density at radius 1 is 1.15 bits per heavy atom. The first-order valence-electron chi connectivity index (χ1n) is 8.14. The minimum Gasteiger partial charge on any atom is -0.468 e. The first-order chi connectivity index (χ1) is 12.8. The Morgan fingerprint density at radius 2 is 1.74 bits per heavy atom. The molecule has 0 N–H and O–H groups in total. The van der Waals surface area contributed by atoms with Gasteiger partial charge in [0.1, 0.15) is 4.90 Å². The van der Waals surface area contributed by atoms with Gasteiger partial charge in [-0.1, -0.05) is 29.3 Å². The normalized spacial score (nSPS) is 15.6. The van der Waals surface area contributed by atoms with Crippen molar-refractivity contribution in [1.29, 1.82) is 0 Å². The predicted octanol–water partition coefficient (Wildman–Crippen LogP) is 2.12. The molecule has 0 aromatic heterocycles. The van der Waals surface area contributed by atoms with Crippen molar-refractivity contribution in [2.45, 2.75) is 11.3 Å². The number of amides is 1. The van der Waals surface area contributed by atoms with Gasteiger partial charge in [0.2, 0.25) is 15.9 Å². The molecular weight excluding hydrogens is 435 g/mol. The number of carbonyl (C=O) groups excluding carboxylic acids is 2. The molecule has 1 fully saturated rings. The summed E-state index contributed by atoms with van der Waals surface area (Å²) in [5.74, 6) is 0.306. The molecule has 0 bridgehead atoms. The zero-order chi connectivity index (χ0) is 20.0. The van der Waals surface area contributed by atoms with E-state index < -0.39 is 10.0 Å². The van der Waals surface area contributed by atoms with Crippen LogP contribution < -0.4 is 0 Å². The average molecular weight is 455 g/mol. The number of sulfonamides is 1. The molecule has 1 aliphatic rings. The Kier molecular flexibility index (Phi) is 8.23. The second-order valence-corrected chi connectivity index (χ2v) is 9.51. The van der Waals surface area contributed by atoms with E-state index in [1.807, 2.05) is 0 Å². The summed E-state index contributed by atoms with van der Waals surface area (Å²) in [4.78, 5) is 24.8. The number of halogens is 2. The fraction of sp³-hybridized carbons (Fsp3) is 0.500. The van der Waals surface area contributed by atoms with Crippen molar-refractivity contribution in [2.24, 2.45) is 0 Å². The number of piperazine rings is 1. The van der Waals surface area contributed by atoms with Gasteiger partial charge in [-0.25, -0.2) is 8.42 Å². The topological polar surface area (TPSA) is 84.0 Å². The van der Waals surface area contributed by atoms with Crippen LogP contribution in [0.25, 0.3) is 0 Å². The van der Waals surface area contributed by atoms with E-state index in [4.69, 9.17) is 23.2 Å². The molecule has 11 heteroatoms. The maximum absolute atomic E-state index is 12.8. The van der Waals surface area contributed by atoms with Gasteiger partial charge >= 0.3 is 5.97 Å². The van der Waals surface area contributed by atoms with Gasteiger partial charge in [-0.3, -0.25) is 9.59 Å². The van der Waals surface area contributed by atoms with E-state index in [-0.39, 0.29) is 52.1 Å². The average Bonchev–Trinajstić information content (AvgIpc) is 2.64. The number of carbonyl (C=O) groups is 2. The van der Waals surface area contributed by atoms with Crippen molar-refractivity contribution >= 4 is 56.9 Å². The van der Waals surface area contributed by atoms with Crippen molar-refractivity contribution in [3.05, 3.63) is 28.2 Å². The Morgan fingerprint density at radius 3 is 2.30 bits per heavy atom. The molecule has 0 radical (unpaired) electrons. The highest BCUT2D eigenvalue weighted by atomic mass is 35.5. The van der Waals surface area contributed by atoms with Gasteiger partial charge < -0.3 is 9.64 Å². The predicted molar refractivity (Wildman–Crippen MR) is 106 cm³/mol. The number of ether oxygens (including phenoxy) is 1. The number of nitrogens with zero attached hydrogens (tertiary/aromatic N) is 2. The maximum Gasteiger partial charge on any atom is 0.315 e. The number of thioether (sulfide) groups is 1. The summed E-state index contributed by atoms with van der Waals surface area (Å²) in [5.41, 5.74) is 0. The van der Waals surface area contributed by atoms with Crippen molar-refractivity contribution in [3.8, 4) is 0 Å². The van der Waals surface area contributed by atoms with Crippen LogP contribution in [0.2, 0.25) is 10.0 Å². The summed E-state index contributed by atoms with van der Waals surface area (Å²) in [6.07, 6.45) is 0.282. The second-order valence-electron chi connectivity index (χ2n) is 5.71. The molecule has 1 saturated heterocycles. The van der Waals surface area contributed by atoms with Crippen molar-refractivity contribution in [1.82, 2.24) is 9.21 Å². The van der Waals surface area contributed by atoms with Gasteiger partial charge in [-0.2, -0.15) is 4.31 Å². The fourth-order valence-corrected chi connectivity index (χ4v) is 5.83. The standard InChI is InChI=1S/C16H20Cl2N2O5S2/c1-25-15(22)11-26-10-5-14(21)19-6-8-20(9-7-19)27(23,24)16-12(17)3-2-4-13(16)18/h2-4H,5-11H2,1H3. The summed E-state index contributed by atoms with van der Waals surface area (Å²) in [6.45, 7) is 0.930. The minimum absolute atomic E-state index is 0.0693. The molecule has 0 atom stereocenters. The van der Waals surface area contributed by atoms with Gasteiger partial charge in [-0.05, 0) is 12.1 Å². The third kappa shape index (κ3) is 5.74. The lowest BCUT2D eigenvalue weighted by molar-refractivity contribution is -0.137. The lowest BCUT2D eigenvalue weighted by Crippen LogP contribution is -2.50. The number of benzene rings is 1. The van der Waals surface area contributed by atoms with E-state index in [1.165, 1.54) is 35.3 Å². The number of hydrogen-bond donors (Lipinski definition) is 0. The molecule has 7 nitrogen and oxygen atoms in total. The van der Waals surface area contributed by atoms with Crippen LogP contribution in [0.1, 0.15) is 6.42 Å². The number of methoxy groups -OCH3 is 1. The van der Waals surface area contributed by atoms with Gasteiger partial charge in [0.15, 0.2) is 0 Å². The van der Waals surface area contributed by atoms with Gasteiger partial charge in [-0.15, -0.1) is 11.8 Å². The third-order valence-electron chi connectivity index (χ3n) is 4.02. The molecule has 2 rings (SSSR count). The second kappa shape index (κ2) is 9.97. The quantitative estimate of drug-likeness (QED) is 0.463. The molecule has 0 saturated carbocycles. The van der Waals surface area contributed by atoms with E-state index in [0.29, 0.717) is 18.8 Å². The minimum atomic E-state index is -3.83. The summed E-state index contributed by atoms with van der Waals surface area (Å²) < 4.78 is 31.5. The molecule has 27 heavy (non-hydrogen) atoms. The lowest BCUT2D eigenvalue weighted by Gasteiger charge is -2.34. The van der Waals surface area contributed by atoms with E-state index >= 15 is 0 Å². The van der Waals surface area contributed by atoms with E-state index in [2.05, 4.69) is 4.74 Å². The van der Waals surface area contributed by atoms with Crippen LogP contribution in [0.3, 0.4) is 0 Å².